The van der Waals surface area contributed by atoms with Gasteiger partial charge >= 0.3 is 17.4 Å². The molecule has 12 heteroatoms. The van der Waals surface area contributed by atoms with Crippen LogP contribution in [0.3, 0.4) is 0 Å². The summed E-state index contributed by atoms with van der Waals surface area (Å²) in [6, 6.07) is 5.78. The Morgan fingerprint density at radius 3 is 2.16 bits per heavy atom. The maximum Gasteiger partial charge on any atom is 0.486 e. The summed E-state index contributed by atoms with van der Waals surface area (Å²) in [5, 5.41) is -5.92. The van der Waals surface area contributed by atoms with E-state index in [1.165, 1.54) is 12.1 Å². The van der Waals surface area contributed by atoms with Crippen molar-refractivity contribution in [2.45, 2.75) is 22.2 Å². The van der Waals surface area contributed by atoms with Gasteiger partial charge in [-0.15, -0.1) is 8.78 Å². The van der Waals surface area contributed by atoms with E-state index in [4.69, 9.17) is 4.42 Å². The molecule has 1 atom stereocenters. The zero-order chi connectivity index (χ0) is 19.2. The lowest BCUT2D eigenvalue weighted by atomic mass is 10.2. The second-order valence-electron chi connectivity index (χ2n) is 4.51. The zero-order valence-corrected chi connectivity index (χ0v) is 15.4. The van der Waals surface area contributed by atoms with Gasteiger partial charge in [0, 0.05) is 21.1 Å². The molecule has 2 aromatic rings. The van der Waals surface area contributed by atoms with Crippen molar-refractivity contribution in [3.05, 3.63) is 39.5 Å². The average molecular weight is 517 g/mol. The highest BCUT2D eigenvalue weighted by molar-refractivity contribution is 9.11. The van der Waals surface area contributed by atoms with Crippen LogP contribution < -0.4 is 0 Å². The molecule has 0 fully saturated rings. The van der Waals surface area contributed by atoms with Crippen LogP contribution in [0.25, 0.3) is 11.3 Å². The maximum atomic E-state index is 13.8. The first-order valence-corrected chi connectivity index (χ1v) is 8.73. The van der Waals surface area contributed by atoms with Crippen LogP contribution in [0.5, 0.6) is 0 Å². The quantitative estimate of drug-likeness (QED) is 0.360. The van der Waals surface area contributed by atoms with Crippen LogP contribution in [-0.4, -0.2) is 21.9 Å². The molecule has 137 valence electrons. The predicted molar refractivity (Wildman–Crippen MR) is 80.7 cm³/mol. The van der Waals surface area contributed by atoms with Crippen LogP contribution >= 0.6 is 31.9 Å². The minimum atomic E-state index is -6.59. The van der Waals surface area contributed by atoms with Crippen molar-refractivity contribution >= 4 is 43.0 Å². The zero-order valence-electron chi connectivity index (χ0n) is 11.4. The molecule has 2 nitrogen and oxygen atoms in total. The number of furan rings is 1. The number of hydrogen-bond donors (Lipinski definition) is 0. The van der Waals surface area contributed by atoms with Gasteiger partial charge in [0.25, 0.3) is 0 Å². The molecule has 1 aromatic carbocycles. The predicted octanol–water partition coefficient (Wildman–Crippen LogP) is 6.17. The number of benzene rings is 1. The molecule has 1 aromatic heterocycles. The molecule has 1 radical (unpaired) electrons. The molecule has 0 aliphatic carbocycles. The average Bonchev–Trinajstić information content (AvgIpc) is 2.97. The maximum absolute atomic E-state index is 13.8. The molecular formula is C13H4Br2F7O2S. The van der Waals surface area contributed by atoms with E-state index >= 15 is 0 Å². The van der Waals surface area contributed by atoms with Gasteiger partial charge < -0.3 is 8.97 Å². The normalized spacial score (nSPS) is 14.6. The topological polar surface area (TPSA) is 36.2 Å². The van der Waals surface area contributed by atoms with Gasteiger partial charge in [-0.1, -0.05) is 0 Å². The van der Waals surface area contributed by atoms with Gasteiger partial charge in [0.05, 0.1) is 23.0 Å². The highest BCUT2D eigenvalue weighted by Crippen LogP contribution is 2.52. The highest BCUT2D eigenvalue weighted by atomic mass is 79.9. The summed E-state index contributed by atoms with van der Waals surface area (Å²) in [5.74, 6) is -6.69. The molecule has 0 spiro atoms. The number of alkyl halides is 7. The lowest BCUT2D eigenvalue weighted by Gasteiger charge is -2.29. The number of rotatable bonds is 4. The van der Waals surface area contributed by atoms with Gasteiger partial charge in [-0.3, -0.25) is 0 Å². The summed E-state index contributed by atoms with van der Waals surface area (Å²) >= 11 is 1.67. The summed E-state index contributed by atoms with van der Waals surface area (Å²) in [6.07, 6.45) is -5.48. The van der Waals surface area contributed by atoms with Crippen LogP contribution in [0.15, 0.2) is 42.7 Å². The fourth-order valence-corrected chi connectivity index (χ4v) is 4.55. The molecule has 0 bridgehead atoms. The van der Waals surface area contributed by atoms with Gasteiger partial charge in [-0.25, -0.2) is 0 Å². The molecule has 1 unspecified atom stereocenters. The fourth-order valence-electron chi connectivity index (χ4n) is 1.72. The van der Waals surface area contributed by atoms with Gasteiger partial charge in [0.2, 0.25) is 0 Å². The van der Waals surface area contributed by atoms with Crippen LogP contribution in [0.2, 0.25) is 0 Å². The molecule has 2 rings (SSSR count). The number of hydrogen-bond acceptors (Lipinski definition) is 2. The molecule has 0 aliphatic rings. The molecule has 0 amide bonds. The Hall–Kier alpha value is -0.720. The van der Waals surface area contributed by atoms with E-state index in [2.05, 4.69) is 37.9 Å². The SMILES string of the molecule is [O-][S+](c1cc(Br)[c]c(Br)c1-c1ccco1)C(F)(F)C(F)(F)C(F)(F)F. The first-order valence-electron chi connectivity index (χ1n) is 6.00. The molecule has 25 heavy (non-hydrogen) atoms. The molecule has 0 saturated heterocycles. The van der Waals surface area contributed by atoms with Crippen molar-refractivity contribution in [2.24, 2.45) is 0 Å². The number of halogens is 9. The van der Waals surface area contributed by atoms with E-state index in [0.717, 1.165) is 6.26 Å². The van der Waals surface area contributed by atoms with Crippen LogP contribution in [0.1, 0.15) is 0 Å². The van der Waals surface area contributed by atoms with Gasteiger partial charge in [0.1, 0.15) is 5.76 Å². The van der Waals surface area contributed by atoms with E-state index in [9.17, 15) is 35.3 Å². The third-order valence-electron chi connectivity index (χ3n) is 2.87. The third-order valence-corrected chi connectivity index (χ3v) is 5.34. The third kappa shape index (κ3) is 3.58. The van der Waals surface area contributed by atoms with Gasteiger partial charge in [-0.05, 0) is 44.0 Å². The van der Waals surface area contributed by atoms with Gasteiger partial charge in [0.15, 0.2) is 4.90 Å². The van der Waals surface area contributed by atoms with Crippen LogP contribution in [0.4, 0.5) is 30.7 Å². The Kier molecular flexibility index (Phi) is 5.59. The minimum absolute atomic E-state index is 0.0934. The van der Waals surface area contributed by atoms with Crippen LogP contribution in [-0.2, 0) is 11.2 Å². The van der Waals surface area contributed by atoms with E-state index < -0.39 is 33.4 Å². The molecule has 0 aliphatic heterocycles. The fraction of sp³-hybridized carbons (Fsp3) is 0.231. The van der Waals surface area contributed by atoms with E-state index in [-0.39, 0.29) is 20.3 Å². The Morgan fingerprint density at radius 2 is 1.68 bits per heavy atom. The summed E-state index contributed by atoms with van der Waals surface area (Å²) in [5.41, 5.74) is -0.385. The van der Waals surface area contributed by atoms with Crippen molar-refractivity contribution in [3.63, 3.8) is 0 Å². The van der Waals surface area contributed by atoms with Crippen molar-refractivity contribution in [1.82, 2.24) is 0 Å². The van der Waals surface area contributed by atoms with E-state index in [0.29, 0.717) is 6.07 Å². The molecule has 0 N–H and O–H groups in total. The van der Waals surface area contributed by atoms with Crippen LogP contribution in [0, 0.1) is 6.07 Å². The first kappa shape index (κ1) is 20.6. The van der Waals surface area contributed by atoms with Crippen molar-refractivity contribution < 1.29 is 39.7 Å². The lowest BCUT2D eigenvalue weighted by Crippen LogP contribution is -2.56. The Labute approximate surface area is 155 Å². The standard InChI is InChI=1S/C13H4Br2F7O2S/c14-6-4-7(15)10(8-2-1-3-24-8)9(5-6)25(23)13(21,22)11(16,17)12(18,19)20/h1-3,5H. The lowest BCUT2D eigenvalue weighted by molar-refractivity contribution is -0.332. The Bertz CT molecular complexity index is 762. The Morgan fingerprint density at radius 1 is 1.08 bits per heavy atom. The van der Waals surface area contributed by atoms with Crippen molar-refractivity contribution in [3.8, 4) is 11.3 Å². The Balaban J connectivity index is 2.66. The molecule has 0 saturated carbocycles. The minimum Gasteiger partial charge on any atom is -0.606 e. The van der Waals surface area contributed by atoms with Gasteiger partial charge in [-0.2, -0.15) is 22.0 Å². The monoisotopic (exact) mass is 515 g/mol. The second kappa shape index (κ2) is 6.78. The summed E-state index contributed by atoms with van der Waals surface area (Å²) < 4.78 is 108. The largest absolute Gasteiger partial charge is 0.606 e. The highest BCUT2D eigenvalue weighted by Gasteiger charge is 2.80. The second-order valence-corrected chi connectivity index (χ2v) is 7.64. The van der Waals surface area contributed by atoms with E-state index in [1.807, 2.05) is 0 Å². The summed E-state index contributed by atoms with van der Waals surface area (Å²) in [4.78, 5) is -0.985. The first-order chi connectivity index (χ1) is 11.3. The summed E-state index contributed by atoms with van der Waals surface area (Å²) in [7, 11) is 0. The summed E-state index contributed by atoms with van der Waals surface area (Å²) in [6.45, 7) is 0. The van der Waals surface area contributed by atoms with Crippen molar-refractivity contribution in [1.29, 1.82) is 0 Å². The smallest absolute Gasteiger partial charge is 0.486 e. The molecular weight excluding hydrogens is 513 g/mol. The molecule has 1 heterocycles. The van der Waals surface area contributed by atoms with E-state index in [1.54, 1.807) is 0 Å². The van der Waals surface area contributed by atoms with Crippen molar-refractivity contribution in [2.75, 3.05) is 0 Å².